The predicted octanol–water partition coefficient (Wildman–Crippen LogP) is 6.02. The van der Waals surface area contributed by atoms with Crippen molar-refractivity contribution in [1.29, 1.82) is 0 Å². The summed E-state index contributed by atoms with van der Waals surface area (Å²) < 4.78 is 33.8. The van der Waals surface area contributed by atoms with E-state index in [1.54, 1.807) is 42.5 Å². The van der Waals surface area contributed by atoms with E-state index in [4.69, 9.17) is 9.07 Å². The summed E-state index contributed by atoms with van der Waals surface area (Å²) in [7, 11) is -4.33. The largest absolute Gasteiger partial charge is 0.485 e. The van der Waals surface area contributed by atoms with Crippen molar-refractivity contribution >= 4 is 69.5 Å². The number of aryl methyl sites for hydroxylation is 1. The molecule has 0 aliphatic carbocycles. The number of unbranched alkanes of at least 4 members (excludes halogenated alkanes) is 9. The standard InChI is InChI=1S/C24H34O5S.2Na/c1-2-3-4-5-6-7-8-9-10-12-17-22-18-15-16-21-24(22)28-30(25,26)29-27-23-19-13-11-14-20-23;;/h11,13-16,18-21H,2-10,12,17H2,1H3;;. The topological polar surface area (TPSA) is 61.8 Å². The molecule has 0 unspecified atom stereocenters. The molecule has 2 rings (SSSR count). The van der Waals surface area contributed by atoms with Gasteiger partial charge in [0.05, 0.1) is 0 Å². The molecule has 32 heavy (non-hydrogen) atoms. The molecule has 8 heteroatoms. The molecular formula is C24H34Na2O5S. The summed E-state index contributed by atoms with van der Waals surface area (Å²) >= 11 is 0. The Hall–Kier alpha value is -0.0500. The van der Waals surface area contributed by atoms with E-state index in [0.717, 1.165) is 24.8 Å². The van der Waals surface area contributed by atoms with Crippen LogP contribution in [0.4, 0.5) is 0 Å². The van der Waals surface area contributed by atoms with Gasteiger partial charge in [0.15, 0.2) is 5.75 Å². The van der Waals surface area contributed by atoms with Gasteiger partial charge in [0.25, 0.3) is 0 Å². The van der Waals surface area contributed by atoms with Crippen molar-refractivity contribution < 1.29 is 21.8 Å². The van der Waals surface area contributed by atoms with Crippen molar-refractivity contribution in [1.82, 2.24) is 0 Å². The minimum atomic E-state index is -4.33. The van der Waals surface area contributed by atoms with Gasteiger partial charge in [-0.2, -0.15) is 8.42 Å². The van der Waals surface area contributed by atoms with Crippen LogP contribution in [0, 0.1) is 0 Å². The Balaban J connectivity index is 0.00000480. The Bertz CT molecular complexity index is 816. The number of hydrogen-bond acceptors (Lipinski definition) is 5. The Kier molecular flexibility index (Phi) is 19.2. The molecule has 2 radical (unpaired) electrons. The van der Waals surface area contributed by atoms with E-state index >= 15 is 0 Å². The fourth-order valence-corrected chi connectivity index (χ4v) is 3.85. The van der Waals surface area contributed by atoms with E-state index in [0.29, 0.717) is 0 Å². The first-order chi connectivity index (χ1) is 14.6. The Morgan fingerprint density at radius 2 is 1.22 bits per heavy atom. The van der Waals surface area contributed by atoms with Gasteiger partial charge in [-0.05, 0) is 40.9 Å². The molecule has 0 bridgehead atoms. The van der Waals surface area contributed by atoms with Crippen molar-refractivity contribution in [3.05, 3.63) is 60.2 Å². The molecule has 0 amide bonds. The first-order valence-corrected chi connectivity index (χ1v) is 12.4. The van der Waals surface area contributed by atoms with Crippen LogP contribution in [-0.4, -0.2) is 67.5 Å². The molecule has 5 nitrogen and oxygen atoms in total. The van der Waals surface area contributed by atoms with Crippen LogP contribution in [0.25, 0.3) is 0 Å². The summed E-state index contributed by atoms with van der Waals surface area (Å²) in [5.74, 6) is 0.563. The van der Waals surface area contributed by atoms with Crippen molar-refractivity contribution in [2.45, 2.75) is 77.6 Å². The third-order valence-corrected chi connectivity index (χ3v) is 5.54. The van der Waals surface area contributed by atoms with Crippen LogP contribution in [0.2, 0.25) is 0 Å². The zero-order valence-corrected chi connectivity index (χ0v) is 24.7. The van der Waals surface area contributed by atoms with Crippen molar-refractivity contribution in [2.24, 2.45) is 0 Å². The first kappa shape index (κ1) is 31.9. The normalized spacial score (nSPS) is 10.7. The second-order valence-electron chi connectivity index (χ2n) is 7.50. The van der Waals surface area contributed by atoms with Gasteiger partial charge in [-0.3, -0.25) is 0 Å². The maximum absolute atomic E-state index is 12.1. The molecule has 2 aromatic rings. The Labute approximate surface area is 238 Å². The third-order valence-electron chi connectivity index (χ3n) is 4.92. The fraction of sp³-hybridized carbons (Fsp3) is 0.500. The van der Waals surface area contributed by atoms with Crippen LogP contribution in [-0.2, 0) is 21.2 Å². The van der Waals surface area contributed by atoms with Crippen LogP contribution in [0.1, 0.15) is 76.7 Å². The van der Waals surface area contributed by atoms with E-state index in [1.165, 1.54) is 51.4 Å². The van der Waals surface area contributed by atoms with Crippen molar-refractivity contribution in [2.75, 3.05) is 0 Å². The molecule has 2 aromatic carbocycles. The first-order valence-electron chi connectivity index (χ1n) is 11.0. The van der Waals surface area contributed by atoms with Crippen LogP contribution in [0.15, 0.2) is 54.6 Å². The van der Waals surface area contributed by atoms with E-state index < -0.39 is 10.4 Å². The zero-order valence-electron chi connectivity index (χ0n) is 19.9. The quantitative estimate of drug-likeness (QED) is 0.127. The summed E-state index contributed by atoms with van der Waals surface area (Å²) in [5.41, 5.74) is 0.851. The van der Waals surface area contributed by atoms with Crippen molar-refractivity contribution in [3.8, 4) is 11.5 Å². The number of para-hydroxylation sites is 2. The monoisotopic (exact) mass is 480 g/mol. The summed E-state index contributed by atoms with van der Waals surface area (Å²) in [6.07, 6.45) is 13.4. The summed E-state index contributed by atoms with van der Waals surface area (Å²) in [6, 6.07) is 15.6. The smallest absolute Gasteiger partial charge is 0.359 e. The van der Waals surface area contributed by atoms with Gasteiger partial charge in [-0.1, -0.05) is 101 Å². The third kappa shape index (κ3) is 14.3. The molecule has 0 fully saturated rings. The van der Waals surface area contributed by atoms with E-state index in [-0.39, 0.29) is 70.6 Å². The molecule has 0 aliphatic rings. The Morgan fingerprint density at radius 3 is 1.84 bits per heavy atom. The van der Waals surface area contributed by atoms with Crippen LogP contribution in [0.5, 0.6) is 11.5 Å². The Morgan fingerprint density at radius 1 is 0.688 bits per heavy atom. The minimum Gasteiger partial charge on any atom is -0.359 e. The molecule has 168 valence electrons. The second kappa shape index (κ2) is 19.3. The van der Waals surface area contributed by atoms with E-state index in [9.17, 15) is 8.42 Å². The zero-order chi connectivity index (χ0) is 21.5. The maximum atomic E-state index is 12.1. The van der Waals surface area contributed by atoms with Gasteiger partial charge >= 0.3 is 10.4 Å². The molecular weight excluding hydrogens is 446 g/mol. The predicted molar refractivity (Wildman–Crippen MR) is 131 cm³/mol. The molecule has 0 atom stereocenters. The molecule has 0 saturated heterocycles. The average molecular weight is 481 g/mol. The number of benzene rings is 2. The van der Waals surface area contributed by atoms with E-state index in [1.807, 2.05) is 12.1 Å². The van der Waals surface area contributed by atoms with Gasteiger partial charge in [-0.25, -0.2) is 0 Å². The van der Waals surface area contributed by atoms with Crippen LogP contribution < -0.4 is 9.07 Å². The maximum Gasteiger partial charge on any atom is 0.485 e. The molecule has 0 heterocycles. The molecule has 0 aliphatic heterocycles. The van der Waals surface area contributed by atoms with E-state index in [2.05, 4.69) is 11.3 Å². The van der Waals surface area contributed by atoms with Gasteiger partial charge < -0.3 is 9.07 Å². The fourth-order valence-electron chi connectivity index (χ4n) is 3.28. The number of hydrogen-bond donors (Lipinski definition) is 0. The number of rotatable bonds is 16. The minimum absolute atomic E-state index is 0. The van der Waals surface area contributed by atoms with Gasteiger partial charge in [0.2, 0.25) is 0 Å². The molecule has 0 aromatic heterocycles. The van der Waals surface area contributed by atoms with Crippen molar-refractivity contribution in [3.63, 3.8) is 0 Å². The summed E-state index contributed by atoms with van der Waals surface area (Å²) in [5, 5.41) is 0. The van der Waals surface area contributed by atoms with Crippen LogP contribution in [0.3, 0.4) is 0 Å². The van der Waals surface area contributed by atoms with Gasteiger partial charge in [-0.15, -0.1) is 0 Å². The molecule has 0 N–H and O–H groups in total. The average Bonchev–Trinajstić information content (AvgIpc) is 2.75. The van der Waals surface area contributed by atoms with Crippen LogP contribution >= 0.6 is 0 Å². The summed E-state index contributed by atoms with van der Waals surface area (Å²) in [6.45, 7) is 2.24. The SMILES string of the molecule is CCCCCCCCCCCCc1ccccc1OS(=O)(=O)OOc1ccccc1.[Na].[Na]. The van der Waals surface area contributed by atoms with Gasteiger partial charge in [0.1, 0.15) is 5.75 Å². The molecule has 0 spiro atoms. The molecule has 0 saturated carbocycles. The van der Waals surface area contributed by atoms with Gasteiger partial charge in [0, 0.05) is 59.1 Å². The second-order valence-corrected chi connectivity index (χ2v) is 8.61. The summed E-state index contributed by atoms with van der Waals surface area (Å²) in [4.78, 5) is 4.84.